The number of thiazole rings is 1. The Bertz CT molecular complexity index is 639. The van der Waals surface area contributed by atoms with Gasteiger partial charge >= 0.3 is 0 Å². The number of hydrogen-bond donors (Lipinski definition) is 2. The van der Waals surface area contributed by atoms with Crippen molar-refractivity contribution in [2.24, 2.45) is 4.99 Å². The van der Waals surface area contributed by atoms with Crippen molar-refractivity contribution in [1.82, 2.24) is 20.8 Å². The van der Waals surface area contributed by atoms with E-state index in [2.05, 4.69) is 25.8 Å². The van der Waals surface area contributed by atoms with Gasteiger partial charge in [-0.15, -0.1) is 11.3 Å². The van der Waals surface area contributed by atoms with Crippen molar-refractivity contribution in [1.29, 1.82) is 0 Å². The summed E-state index contributed by atoms with van der Waals surface area (Å²) < 4.78 is 5.17. The molecule has 2 N–H and O–H groups in total. The fraction of sp³-hybridized carbons (Fsp3) is 0.533. The van der Waals surface area contributed by atoms with Crippen molar-refractivity contribution in [3.8, 4) is 0 Å². The lowest BCUT2D eigenvalue weighted by molar-refractivity contribution is 0.392. The molecule has 6 nitrogen and oxygen atoms in total. The molecular weight excluding hydrogens is 298 g/mol. The van der Waals surface area contributed by atoms with Gasteiger partial charge < -0.3 is 15.2 Å². The minimum absolute atomic E-state index is 0.738. The molecule has 0 spiro atoms. The molecule has 0 atom stereocenters. The van der Waals surface area contributed by atoms with Crippen molar-refractivity contribution in [3.05, 3.63) is 32.6 Å². The van der Waals surface area contributed by atoms with E-state index in [4.69, 9.17) is 4.52 Å². The normalized spacial score (nSPS) is 11.8. The molecule has 120 valence electrons. The predicted molar refractivity (Wildman–Crippen MR) is 89.5 cm³/mol. The maximum atomic E-state index is 5.17. The summed E-state index contributed by atoms with van der Waals surface area (Å²) in [6.07, 6.45) is 0.862. The van der Waals surface area contributed by atoms with E-state index in [0.29, 0.717) is 0 Å². The fourth-order valence-corrected chi connectivity index (χ4v) is 3.16. The van der Waals surface area contributed by atoms with Crippen LogP contribution in [-0.4, -0.2) is 29.7 Å². The zero-order chi connectivity index (χ0) is 16.1. The number of hydrogen-bond acceptors (Lipinski definition) is 5. The molecule has 0 fully saturated rings. The molecule has 0 saturated heterocycles. The Hall–Kier alpha value is -1.89. The van der Waals surface area contributed by atoms with Crippen LogP contribution in [0.2, 0.25) is 0 Å². The van der Waals surface area contributed by atoms with Gasteiger partial charge in [0, 0.05) is 24.0 Å². The van der Waals surface area contributed by atoms with Crippen LogP contribution in [0.25, 0.3) is 0 Å². The van der Waals surface area contributed by atoms with E-state index in [9.17, 15) is 0 Å². The summed E-state index contributed by atoms with van der Waals surface area (Å²) in [5.74, 6) is 1.68. The molecule has 7 heteroatoms. The Kier molecular flexibility index (Phi) is 5.54. The fourth-order valence-electron chi connectivity index (χ4n) is 2.29. The lowest BCUT2D eigenvalue weighted by atomic mass is 10.1. The van der Waals surface area contributed by atoms with Gasteiger partial charge in [-0.2, -0.15) is 0 Å². The third-order valence-corrected chi connectivity index (χ3v) is 4.56. The Morgan fingerprint density at radius 2 is 1.95 bits per heavy atom. The first-order valence-electron chi connectivity index (χ1n) is 7.30. The third kappa shape index (κ3) is 4.07. The van der Waals surface area contributed by atoms with Gasteiger partial charge in [0.25, 0.3) is 0 Å². The number of aliphatic imine (C=N–C) groups is 1. The topological polar surface area (TPSA) is 75.3 Å². The summed E-state index contributed by atoms with van der Waals surface area (Å²) >= 11 is 1.72. The van der Waals surface area contributed by atoms with E-state index in [0.717, 1.165) is 53.2 Å². The molecule has 0 unspecified atom stereocenters. The lowest BCUT2D eigenvalue weighted by Gasteiger charge is -2.11. The van der Waals surface area contributed by atoms with Crippen LogP contribution < -0.4 is 10.6 Å². The van der Waals surface area contributed by atoms with E-state index in [1.54, 1.807) is 18.4 Å². The second-order valence-electron chi connectivity index (χ2n) is 5.15. The Morgan fingerprint density at radius 1 is 1.18 bits per heavy atom. The molecule has 2 rings (SSSR count). The summed E-state index contributed by atoms with van der Waals surface area (Å²) in [7, 11) is 1.77. The summed E-state index contributed by atoms with van der Waals surface area (Å²) in [5, 5.41) is 11.7. The summed E-state index contributed by atoms with van der Waals surface area (Å²) in [6.45, 7) is 9.49. The summed E-state index contributed by atoms with van der Waals surface area (Å²) in [4.78, 5) is 9.92. The molecule has 2 aromatic heterocycles. The second-order valence-corrected chi connectivity index (χ2v) is 6.43. The molecule has 0 saturated carbocycles. The molecule has 0 aliphatic heterocycles. The van der Waals surface area contributed by atoms with Gasteiger partial charge in [0.15, 0.2) is 5.96 Å². The smallest absolute Gasteiger partial charge is 0.191 e. The Morgan fingerprint density at radius 3 is 2.50 bits per heavy atom. The molecule has 22 heavy (non-hydrogen) atoms. The molecule has 0 radical (unpaired) electrons. The maximum Gasteiger partial charge on any atom is 0.191 e. The van der Waals surface area contributed by atoms with Gasteiger partial charge in [0.1, 0.15) is 5.76 Å². The molecule has 0 aliphatic rings. The molecule has 0 amide bonds. The molecular formula is C15H23N5OS. The first kappa shape index (κ1) is 16.5. The maximum absolute atomic E-state index is 5.17. The van der Waals surface area contributed by atoms with E-state index >= 15 is 0 Å². The van der Waals surface area contributed by atoms with Crippen molar-refractivity contribution in [2.75, 3.05) is 13.6 Å². The highest BCUT2D eigenvalue weighted by Crippen LogP contribution is 2.16. The van der Waals surface area contributed by atoms with Crippen LogP contribution in [-0.2, 0) is 13.0 Å². The minimum atomic E-state index is 0.738. The molecule has 0 aromatic carbocycles. The van der Waals surface area contributed by atoms with E-state index < -0.39 is 0 Å². The van der Waals surface area contributed by atoms with Crippen LogP contribution in [0.15, 0.2) is 9.52 Å². The molecule has 0 bridgehead atoms. The van der Waals surface area contributed by atoms with Crippen LogP contribution in [0.5, 0.6) is 0 Å². The highest BCUT2D eigenvalue weighted by atomic mass is 32.1. The van der Waals surface area contributed by atoms with Crippen LogP contribution in [0.3, 0.4) is 0 Å². The van der Waals surface area contributed by atoms with Crippen molar-refractivity contribution in [2.45, 2.75) is 40.7 Å². The summed E-state index contributed by atoms with van der Waals surface area (Å²) in [6, 6.07) is 0. The quantitative estimate of drug-likeness (QED) is 0.653. The summed E-state index contributed by atoms with van der Waals surface area (Å²) in [5.41, 5.74) is 3.20. The van der Waals surface area contributed by atoms with E-state index in [1.807, 2.05) is 27.7 Å². The van der Waals surface area contributed by atoms with Crippen LogP contribution in [0.1, 0.15) is 32.6 Å². The van der Waals surface area contributed by atoms with Gasteiger partial charge in [-0.05, 0) is 34.1 Å². The average molecular weight is 321 g/mol. The van der Waals surface area contributed by atoms with Gasteiger partial charge in [0.05, 0.1) is 22.9 Å². The zero-order valence-corrected chi connectivity index (χ0v) is 14.6. The first-order chi connectivity index (χ1) is 10.5. The van der Waals surface area contributed by atoms with Crippen LogP contribution in [0.4, 0.5) is 0 Å². The van der Waals surface area contributed by atoms with Crippen LogP contribution in [0, 0.1) is 27.7 Å². The van der Waals surface area contributed by atoms with Crippen molar-refractivity contribution >= 4 is 17.3 Å². The van der Waals surface area contributed by atoms with Gasteiger partial charge in [-0.25, -0.2) is 4.98 Å². The molecule has 0 aliphatic carbocycles. The predicted octanol–water partition coefficient (Wildman–Crippen LogP) is 2.27. The number of aromatic nitrogens is 2. The highest BCUT2D eigenvalue weighted by molar-refractivity contribution is 7.11. The van der Waals surface area contributed by atoms with E-state index in [-0.39, 0.29) is 0 Å². The standard InChI is InChI=1S/C15H23N5OS/c1-9-13(11(3)21-20-9)6-7-17-15(16-5)18-8-14-10(2)19-12(4)22-14/h6-8H2,1-5H3,(H2,16,17,18). The SMILES string of the molecule is CN=C(NCCc1c(C)noc1C)NCc1sc(C)nc1C. The van der Waals surface area contributed by atoms with E-state index in [1.165, 1.54) is 4.88 Å². The second kappa shape index (κ2) is 7.40. The average Bonchev–Trinajstić information content (AvgIpc) is 2.97. The van der Waals surface area contributed by atoms with Gasteiger partial charge in [-0.3, -0.25) is 4.99 Å². The minimum Gasteiger partial charge on any atom is -0.361 e. The third-order valence-electron chi connectivity index (χ3n) is 3.49. The van der Waals surface area contributed by atoms with Gasteiger partial charge in [-0.1, -0.05) is 5.16 Å². The lowest BCUT2D eigenvalue weighted by Crippen LogP contribution is -2.37. The largest absolute Gasteiger partial charge is 0.361 e. The molecule has 2 heterocycles. The number of guanidine groups is 1. The van der Waals surface area contributed by atoms with Gasteiger partial charge in [0.2, 0.25) is 0 Å². The van der Waals surface area contributed by atoms with Crippen molar-refractivity contribution in [3.63, 3.8) is 0 Å². The Balaban J connectivity index is 1.82. The zero-order valence-electron chi connectivity index (χ0n) is 13.8. The monoisotopic (exact) mass is 321 g/mol. The number of aryl methyl sites for hydroxylation is 4. The number of rotatable bonds is 5. The van der Waals surface area contributed by atoms with Crippen molar-refractivity contribution < 1.29 is 4.52 Å². The Labute approximate surface area is 135 Å². The first-order valence-corrected chi connectivity index (χ1v) is 8.12. The number of nitrogens with zero attached hydrogens (tertiary/aromatic N) is 3. The van der Waals surface area contributed by atoms with Crippen LogP contribution >= 0.6 is 11.3 Å². The number of nitrogens with one attached hydrogen (secondary N) is 2. The highest BCUT2D eigenvalue weighted by Gasteiger charge is 2.09. The molecule has 2 aromatic rings.